The summed E-state index contributed by atoms with van der Waals surface area (Å²) in [5.41, 5.74) is 1.26. The van der Waals surface area contributed by atoms with Crippen LogP contribution in [0, 0.1) is 6.92 Å². The summed E-state index contributed by atoms with van der Waals surface area (Å²) < 4.78 is 0. The lowest BCUT2D eigenvalue weighted by atomic mass is 10.2. The van der Waals surface area contributed by atoms with E-state index in [1.165, 1.54) is 18.3 Å². The first-order valence-corrected chi connectivity index (χ1v) is 6.84. The van der Waals surface area contributed by atoms with Crippen LogP contribution in [-0.2, 0) is 13.0 Å². The molecule has 100 valence electrons. The second-order valence-corrected chi connectivity index (χ2v) is 5.37. The van der Waals surface area contributed by atoms with Gasteiger partial charge in [-0.1, -0.05) is 6.92 Å². The Bertz CT molecular complexity index is 625. The van der Waals surface area contributed by atoms with Crippen LogP contribution in [0.2, 0.25) is 0 Å². The highest BCUT2D eigenvalue weighted by atomic mass is 32.1. The van der Waals surface area contributed by atoms with E-state index in [9.17, 15) is 9.59 Å². The number of pyridine rings is 1. The van der Waals surface area contributed by atoms with Gasteiger partial charge in [0.25, 0.3) is 5.91 Å². The van der Waals surface area contributed by atoms with E-state index in [1.807, 2.05) is 13.8 Å². The first-order chi connectivity index (χ1) is 9.10. The molecule has 0 saturated carbocycles. The molecule has 2 rings (SSSR count). The fraction of sp³-hybridized carbons (Fsp3) is 0.308. The van der Waals surface area contributed by atoms with Crippen molar-refractivity contribution in [2.24, 2.45) is 0 Å². The van der Waals surface area contributed by atoms with Gasteiger partial charge in [-0.05, 0) is 19.4 Å². The summed E-state index contributed by atoms with van der Waals surface area (Å²) in [6, 6.07) is 2.84. The number of aromatic amines is 1. The van der Waals surface area contributed by atoms with Crippen LogP contribution < -0.4 is 10.9 Å². The Morgan fingerprint density at radius 1 is 1.47 bits per heavy atom. The number of hydrogen-bond donors (Lipinski definition) is 2. The number of hydrogen-bond acceptors (Lipinski definition) is 4. The maximum atomic E-state index is 11.9. The van der Waals surface area contributed by atoms with Gasteiger partial charge in [-0.25, -0.2) is 4.98 Å². The van der Waals surface area contributed by atoms with E-state index in [1.54, 1.807) is 11.3 Å². The molecular formula is C13H15N3O2S. The maximum Gasteiger partial charge on any atom is 0.253 e. The molecule has 6 heteroatoms. The molecule has 0 bridgehead atoms. The molecular weight excluding hydrogens is 262 g/mol. The van der Waals surface area contributed by atoms with Gasteiger partial charge in [0.1, 0.15) is 0 Å². The third kappa shape index (κ3) is 3.29. The molecule has 19 heavy (non-hydrogen) atoms. The second kappa shape index (κ2) is 5.79. The topological polar surface area (TPSA) is 74.8 Å². The number of aromatic nitrogens is 2. The fourth-order valence-electron chi connectivity index (χ4n) is 1.74. The predicted octanol–water partition coefficient (Wildman–Crippen LogP) is 1.63. The molecule has 1 amide bonds. The van der Waals surface area contributed by atoms with Gasteiger partial charge in [-0.3, -0.25) is 9.59 Å². The highest BCUT2D eigenvalue weighted by Gasteiger charge is 2.10. The Labute approximate surface area is 114 Å². The predicted molar refractivity (Wildman–Crippen MR) is 74.5 cm³/mol. The smallest absolute Gasteiger partial charge is 0.253 e. The van der Waals surface area contributed by atoms with Crippen LogP contribution in [0.5, 0.6) is 0 Å². The molecule has 2 heterocycles. The first kappa shape index (κ1) is 13.5. The zero-order valence-corrected chi connectivity index (χ0v) is 11.6. The number of nitrogens with zero attached hydrogens (tertiary/aromatic N) is 1. The standard InChI is InChI=1S/C13H15N3O2S/c1-3-10-11(19-8(2)16-10)7-15-13(18)9-4-5-12(17)14-6-9/h4-6H,3,7H2,1-2H3,(H,14,17)(H,15,18). The molecule has 2 aromatic rings. The molecule has 2 aromatic heterocycles. The molecule has 0 unspecified atom stereocenters. The van der Waals surface area contributed by atoms with E-state index in [4.69, 9.17) is 0 Å². The van der Waals surface area contributed by atoms with Gasteiger partial charge >= 0.3 is 0 Å². The van der Waals surface area contributed by atoms with Gasteiger partial charge in [0.05, 0.1) is 22.8 Å². The van der Waals surface area contributed by atoms with Crippen molar-refractivity contribution in [3.05, 3.63) is 49.8 Å². The van der Waals surface area contributed by atoms with Crippen LogP contribution in [0.4, 0.5) is 0 Å². The first-order valence-electron chi connectivity index (χ1n) is 6.02. The monoisotopic (exact) mass is 277 g/mol. The normalized spacial score (nSPS) is 10.4. The van der Waals surface area contributed by atoms with Crippen LogP contribution >= 0.6 is 11.3 Å². The molecule has 0 saturated heterocycles. The lowest BCUT2D eigenvalue weighted by molar-refractivity contribution is 0.0951. The number of nitrogens with one attached hydrogen (secondary N) is 2. The summed E-state index contributed by atoms with van der Waals surface area (Å²) in [6.45, 7) is 4.46. The van der Waals surface area contributed by atoms with Crippen LogP contribution in [0.15, 0.2) is 23.1 Å². The Morgan fingerprint density at radius 2 is 2.26 bits per heavy atom. The Morgan fingerprint density at radius 3 is 2.89 bits per heavy atom. The third-order valence-corrected chi connectivity index (χ3v) is 3.69. The molecule has 0 aliphatic rings. The SMILES string of the molecule is CCc1nc(C)sc1CNC(=O)c1ccc(=O)[nH]c1. The summed E-state index contributed by atoms with van der Waals surface area (Å²) in [5.74, 6) is -0.204. The molecule has 0 aromatic carbocycles. The zero-order valence-electron chi connectivity index (χ0n) is 10.8. The summed E-state index contributed by atoms with van der Waals surface area (Å²) >= 11 is 1.59. The number of carbonyl (C=O) groups excluding carboxylic acids is 1. The van der Waals surface area contributed by atoms with Gasteiger partial charge < -0.3 is 10.3 Å². The van der Waals surface area contributed by atoms with E-state index in [0.29, 0.717) is 12.1 Å². The van der Waals surface area contributed by atoms with Crippen molar-refractivity contribution in [3.8, 4) is 0 Å². The number of thiazole rings is 1. The van der Waals surface area contributed by atoms with Crippen molar-refractivity contribution in [1.29, 1.82) is 0 Å². The largest absolute Gasteiger partial charge is 0.347 e. The molecule has 2 N–H and O–H groups in total. The van der Waals surface area contributed by atoms with Gasteiger partial charge in [0.15, 0.2) is 0 Å². The summed E-state index contributed by atoms with van der Waals surface area (Å²) in [6.07, 6.45) is 2.27. The molecule has 0 aliphatic heterocycles. The third-order valence-electron chi connectivity index (χ3n) is 2.68. The average molecular weight is 277 g/mol. The second-order valence-electron chi connectivity index (χ2n) is 4.08. The van der Waals surface area contributed by atoms with Crippen molar-refractivity contribution in [2.45, 2.75) is 26.8 Å². The molecule has 0 spiro atoms. The van der Waals surface area contributed by atoms with Crippen LogP contribution in [0.25, 0.3) is 0 Å². The van der Waals surface area contributed by atoms with E-state index in [-0.39, 0.29) is 11.5 Å². The Hall–Kier alpha value is -1.95. The van der Waals surface area contributed by atoms with Gasteiger partial charge in [-0.15, -0.1) is 11.3 Å². The highest BCUT2D eigenvalue weighted by Crippen LogP contribution is 2.18. The number of carbonyl (C=O) groups is 1. The average Bonchev–Trinajstić information content (AvgIpc) is 2.77. The van der Waals surface area contributed by atoms with Crippen molar-refractivity contribution in [2.75, 3.05) is 0 Å². The zero-order chi connectivity index (χ0) is 13.8. The lowest BCUT2D eigenvalue weighted by Gasteiger charge is -2.04. The maximum absolute atomic E-state index is 11.9. The van der Waals surface area contributed by atoms with Crippen LogP contribution in [0.1, 0.15) is 32.9 Å². The van der Waals surface area contributed by atoms with E-state index < -0.39 is 0 Å². The number of rotatable bonds is 4. The minimum atomic E-state index is -0.220. The number of aryl methyl sites for hydroxylation is 2. The van der Waals surface area contributed by atoms with E-state index >= 15 is 0 Å². The Kier molecular flexibility index (Phi) is 4.11. The molecule has 0 atom stereocenters. The van der Waals surface area contributed by atoms with Crippen LogP contribution in [-0.4, -0.2) is 15.9 Å². The van der Waals surface area contributed by atoms with E-state index in [2.05, 4.69) is 15.3 Å². The van der Waals surface area contributed by atoms with Crippen LogP contribution in [0.3, 0.4) is 0 Å². The van der Waals surface area contributed by atoms with Crippen molar-refractivity contribution in [1.82, 2.24) is 15.3 Å². The van der Waals surface area contributed by atoms with Crippen molar-refractivity contribution < 1.29 is 4.79 Å². The van der Waals surface area contributed by atoms with Gasteiger partial charge in [0, 0.05) is 17.1 Å². The van der Waals surface area contributed by atoms with Gasteiger partial charge in [0.2, 0.25) is 5.56 Å². The van der Waals surface area contributed by atoms with Gasteiger partial charge in [-0.2, -0.15) is 0 Å². The van der Waals surface area contributed by atoms with Crippen molar-refractivity contribution >= 4 is 17.2 Å². The fourth-order valence-corrected chi connectivity index (χ4v) is 2.71. The summed E-state index contributed by atoms with van der Waals surface area (Å²) in [4.78, 5) is 30.8. The minimum Gasteiger partial charge on any atom is -0.347 e. The minimum absolute atomic E-state index is 0.204. The summed E-state index contributed by atoms with van der Waals surface area (Å²) in [7, 11) is 0. The highest BCUT2D eigenvalue weighted by molar-refractivity contribution is 7.11. The molecule has 5 nitrogen and oxygen atoms in total. The molecule has 0 aliphatic carbocycles. The quantitative estimate of drug-likeness (QED) is 0.892. The summed E-state index contributed by atoms with van der Waals surface area (Å²) in [5, 5.41) is 3.84. The number of amides is 1. The Balaban J connectivity index is 2.04. The molecule has 0 radical (unpaired) electrons. The number of H-pyrrole nitrogens is 1. The molecule has 0 fully saturated rings. The lowest BCUT2D eigenvalue weighted by Crippen LogP contribution is -2.23. The van der Waals surface area contributed by atoms with Crippen molar-refractivity contribution in [3.63, 3.8) is 0 Å². The van der Waals surface area contributed by atoms with E-state index in [0.717, 1.165) is 22.0 Å².